The van der Waals surface area contributed by atoms with Gasteiger partial charge in [0.2, 0.25) is 11.8 Å². The minimum Gasteiger partial charge on any atom is -0.467 e. The molecule has 0 atom stereocenters. The largest absolute Gasteiger partial charge is 0.467 e. The summed E-state index contributed by atoms with van der Waals surface area (Å²) in [6, 6.07) is 23.4. The van der Waals surface area contributed by atoms with Crippen LogP contribution < -0.4 is 0 Å². The van der Waals surface area contributed by atoms with Gasteiger partial charge in [-0.05, 0) is 42.2 Å². The lowest BCUT2D eigenvalue weighted by atomic mass is 10.1. The predicted octanol–water partition coefficient (Wildman–Crippen LogP) is 4.80. The van der Waals surface area contributed by atoms with Crippen molar-refractivity contribution < 1.29 is 14.0 Å². The Balaban J connectivity index is 1.67. The minimum atomic E-state index is -0.162. The Morgan fingerprint density at radius 1 is 0.875 bits per heavy atom. The standard InChI is InChI=1S/C27H30N2O3/c1-2-18-28(26(30)16-15-23-10-5-3-6-11-23)22-27(31)29(21-25-14-9-20-32-25)19-17-24-12-7-4-8-13-24/h3-16,20H,2,17-19,21-22H2,1H3/b16-15+. The van der Waals surface area contributed by atoms with Crippen LogP contribution in [0.3, 0.4) is 0 Å². The molecule has 2 aromatic carbocycles. The van der Waals surface area contributed by atoms with E-state index in [0.29, 0.717) is 19.6 Å². The van der Waals surface area contributed by atoms with Crippen LogP contribution in [0.2, 0.25) is 0 Å². The lowest BCUT2D eigenvalue weighted by Crippen LogP contribution is -2.43. The normalized spacial score (nSPS) is 10.9. The molecule has 0 N–H and O–H groups in total. The van der Waals surface area contributed by atoms with Gasteiger partial charge in [0.25, 0.3) is 0 Å². The van der Waals surface area contributed by atoms with Crippen molar-refractivity contribution in [2.24, 2.45) is 0 Å². The Kier molecular flexibility index (Phi) is 8.87. The van der Waals surface area contributed by atoms with E-state index in [-0.39, 0.29) is 18.4 Å². The molecule has 0 saturated carbocycles. The van der Waals surface area contributed by atoms with Gasteiger partial charge in [-0.3, -0.25) is 9.59 Å². The highest BCUT2D eigenvalue weighted by Crippen LogP contribution is 2.10. The van der Waals surface area contributed by atoms with E-state index >= 15 is 0 Å². The number of carbonyl (C=O) groups excluding carboxylic acids is 2. The van der Waals surface area contributed by atoms with E-state index in [4.69, 9.17) is 4.42 Å². The third kappa shape index (κ3) is 7.27. The van der Waals surface area contributed by atoms with Crippen molar-refractivity contribution in [3.8, 4) is 0 Å². The highest BCUT2D eigenvalue weighted by molar-refractivity contribution is 5.94. The van der Waals surface area contributed by atoms with Crippen LogP contribution in [-0.4, -0.2) is 41.2 Å². The Morgan fingerprint density at radius 2 is 1.59 bits per heavy atom. The molecular weight excluding hydrogens is 400 g/mol. The molecule has 0 unspecified atom stereocenters. The molecule has 0 radical (unpaired) electrons. The SMILES string of the molecule is CCCN(CC(=O)N(CCc1ccccc1)Cc1ccco1)C(=O)/C=C/c1ccccc1. The summed E-state index contributed by atoms with van der Waals surface area (Å²) < 4.78 is 5.47. The second-order valence-electron chi connectivity index (χ2n) is 7.63. The predicted molar refractivity (Wildman–Crippen MR) is 127 cm³/mol. The Hall–Kier alpha value is -3.60. The minimum absolute atomic E-state index is 0.0430. The maximum atomic E-state index is 13.2. The quantitative estimate of drug-likeness (QED) is 0.411. The summed E-state index contributed by atoms with van der Waals surface area (Å²) in [7, 11) is 0. The van der Waals surface area contributed by atoms with E-state index in [1.807, 2.05) is 67.6 Å². The Labute approximate surface area is 190 Å². The zero-order valence-electron chi connectivity index (χ0n) is 18.5. The fourth-order valence-electron chi connectivity index (χ4n) is 3.43. The lowest BCUT2D eigenvalue weighted by molar-refractivity contribution is -0.138. The molecular formula is C27H30N2O3. The number of hydrogen-bond donors (Lipinski definition) is 0. The Morgan fingerprint density at radius 3 is 2.25 bits per heavy atom. The lowest BCUT2D eigenvalue weighted by Gasteiger charge is -2.26. The Bertz CT molecular complexity index is 982. The molecule has 0 spiro atoms. The van der Waals surface area contributed by atoms with Crippen molar-refractivity contribution in [1.29, 1.82) is 0 Å². The van der Waals surface area contributed by atoms with Gasteiger partial charge in [-0.2, -0.15) is 0 Å². The number of hydrogen-bond acceptors (Lipinski definition) is 3. The van der Waals surface area contributed by atoms with Crippen LogP contribution in [0.1, 0.15) is 30.2 Å². The summed E-state index contributed by atoms with van der Waals surface area (Å²) in [4.78, 5) is 29.4. The topological polar surface area (TPSA) is 53.8 Å². The smallest absolute Gasteiger partial charge is 0.247 e. The fraction of sp³-hybridized carbons (Fsp3) is 0.259. The van der Waals surface area contributed by atoms with Gasteiger partial charge in [0, 0.05) is 19.2 Å². The van der Waals surface area contributed by atoms with Crippen molar-refractivity contribution in [1.82, 2.24) is 9.80 Å². The number of carbonyl (C=O) groups is 2. The van der Waals surface area contributed by atoms with Crippen molar-refractivity contribution in [2.45, 2.75) is 26.3 Å². The van der Waals surface area contributed by atoms with Crippen molar-refractivity contribution >= 4 is 17.9 Å². The number of amides is 2. The molecule has 0 fully saturated rings. The first kappa shape index (κ1) is 23.1. The maximum Gasteiger partial charge on any atom is 0.247 e. The van der Waals surface area contributed by atoms with E-state index in [1.165, 1.54) is 0 Å². The van der Waals surface area contributed by atoms with Gasteiger partial charge in [-0.15, -0.1) is 0 Å². The molecule has 5 heteroatoms. The van der Waals surface area contributed by atoms with Crippen molar-refractivity contribution in [2.75, 3.05) is 19.6 Å². The summed E-state index contributed by atoms with van der Waals surface area (Å²) in [5.74, 6) is 0.473. The second-order valence-corrected chi connectivity index (χ2v) is 7.63. The first-order valence-electron chi connectivity index (χ1n) is 11.0. The molecule has 5 nitrogen and oxygen atoms in total. The summed E-state index contributed by atoms with van der Waals surface area (Å²) >= 11 is 0. The number of rotatable bonds is 11. The van der Waals surface area contributed by atoms with Gasteiger partial charge in [0.05, 0.1) is 12.8 Å². The van der Waals surface area contributed by atoms with E-state index in [0.717, 1.165) is 29.7 Å². The van der Waals surface area contributed by atoms with Crippen LogP contribution in [0.5, 0.6) is 0 Å². The van der Waals surface area contributed by atoms with E-state index in [9.17, 15) is 9.59 Å². The van der Waals surface area contributed by atoms with E-state index in [2.05, 4.69) is 12.1 Å². The molecule has 1 aromatic heterocycles. The monoisotopic (exact) mass is 430 g/mol. The molecule has 1 heterocycles. The molecule has 0 bridgehead atoms. The second kappa shape index (κ2) is 12.3. The van der Waals surface area contributed by atoms with Gasteiger partial charge in [-0.25, -0.2) is 0 Å². The molecule has 0 saturated heterocycles. The van der Waals surface area contributed by atoms with Crippen LogP contribution in [0.15, 0.2) is 89.6 Å². The zero-order valence-corrected chi connectivity index (χ0v) is 18.5. The zero-order chi connectivity index (χ0) is 22.6. The summed E-state index contributed by atoms with van der Waals surface area (Å²) in [6.07, 6.45) is 6.45. The summed E-state index contributed by atoms with van der Waals surface area (Å²) in [5, 5.41) is 0. The first-order chi connectivity index (χ1) is 15.7. The maximum absolute atomic E-state index is 13.2. The molecule has 3 rings (SSSR count). The molecule has 3 aromatic rings. The van der Waals surface area contributed by atoms with Gasteiger partial charge < -0.3 is 14.2 Å². The van der Waals surface area contributed by atoms with Crippen LogP contribution in [0, 0.1) is 0 Å². The molecule has 32 heavy (non-hydrogen) atoms. The number of furan rings is 1. The van der Waals surface area contributed by atoms with Gasteiger partial charge in [0.1, 0.15) is 12.3 Å². The molecule has 0 aliphatic rings. The highest BCUT2D eigenvalue weighted by Gasteiger charge is 2.20. The van der Waals surface area contributed by atoms with Crippen LogP contribution in [0.4, 0.5) is 0 Å². The summed E-state index contributed by atoms with van der Waals surface area (Å²) in [6.45, 7) is 3.50. The summed E-state index contributed by atoms with van der Waals surface area (Å²) in [5.41, 5.74) is 2.11. The molecule has 0 aliphatic carbocycles. The highest BCUT2D eigenvalue weighted by atomic mass is 16.3. The van der Waals surface area contributed by atoms with Gasteiger partial charge >= 0.3 is 0 Å². The third-order valence-electron chi connectivity index (χ3n) is 5.14. The number of nitrogens with zero attached hydrogens (tertiary/aromatic N) is 2. The first-order valence-corrected chi connectivity index (χ1v) is 11.0. The van der Waals surface area contributed by atoms with Gasteiger partial charge in [0.15, 0.2) is 0 Å². The molecule has 2 amide bonds. The number of benzene rings is 2. The average Bonchev–Trinajstić information content (AvgIpc) is 3.34. The van der Waals surface area contributed by atoms with Gasteiger partial charge in [-0.1, -0.05) is 67.6 Å². The average molecular weight is 431 g/mol. The van der Waals surface area contributed by atoms with Crippen LogP contribution >= 0.6 is 0 Å². The van der Waals surface area contributed by atoms with Crippen LogP contribution in [-0.2, 0) is 22.6 Å². The molecule has 166 valence electrons. The van der Waals surface area contributed by atoms with Crippen LogP contribution in [0.25, 0.3) is 6.08 Å². The van der Waals surface area contributed by atoms with E-state index in [1.54, 1.807) is 28.2 Å². The van der Waals surface area contributed by atoms with Crippen molar-refractivity contribution in [3.63, 3.8) is 0 Å². The molecule has 0 aliphatic heterocycles. The van der Waals surface area contributed by atoms with E-state index < -0.39 is 0 Å². The fourth-order valence-corrected chi connectivity index (χ4v) is 3.43. The third-order valence-corrected chi connectivity index (χ3v) is 5.14. The van der Waals surface area contributed by atoms with Crippen molar-refractivity contribution in [3.05, 3.63) is 102 Å².